The van der Waals surface area contributed by atoms with Crippen molar-refractivity contribution >= 4 is 10.0 Å². The molecule has 98 valence electrons. The van der Waals surface area contributed by atoms with Crippen LogP contribution < -0.4 is 4.72 Å². The molecule has 0 radical (unpaired) electrons. The molecule has 4 nitrogen and oxygen atoms in total. The lowest BCUT2D eigenvalue weighted by atomic mass is 10.1. The van der Waals surface area contributed by atoms with Gasteiger partial charge in [-0.2, -0.15) is 0 Å². The highest BCUT2D eigenvalue weighted by molar-refractivity contribution is 7.89. The molecular weight excluding hydrogens is 250 g/mol. The summed E-state index contributed by atoms with van der Waals surface area (Å²) < 4.78 is 25.2. The minimum absolute atomic E-state index is 0.0254. The summed E-state index contributed by atoms with van der Waals surface area (Å²) in [5.41, 5.74) is 1.62. The summed E-state index contributed by atoms with van der Waals surface area (Å²) in [7, 11) is -3.20. The minimum Gasteiger partial charge on any atom is -0.395 e. The normalized spacial score (nSPS) is 10.8. The van der Waals surface area contributed by atoms with Gasteiger partial charge < -0.3 is 5.11 Å². The molecule has 0 atom stereocenters. The molecule has 18 heavy (non-hydrogen) atoms. The second kappa shape index (κ2) is 7.17. The second-order valence-corrected chi connectivity index (χ2v) is 5.75. The zero-order chi connectivity index (χ0) is 13.4. The van der Waals surface area contributed by atoms with Crippen LogP contribution in [0.5, 0.6) is 0 Å². The van der Waals surface area contributed by atoms with E-state index in [1.165, 1.54) is 0 Å². The van der Waals surface area contributed by atoms with E-state index < -0.39 is 10.0 Å². The average molecular weight is 267 g/mol. The van der Waals surface area contributed by atoms with Crippen LogP contribution in [0.4, 0.5) is 0 Å². The van der Waals surface area contributed by atoms with Crippen molar-refractivity contribution in [1.29, 1.82) is 0 Å². The van der Waals surface area contributed by atoms with Crippen molar-refractivity contribution in [2.75, 3.05) is 12.4 Å². The van der Waals surface area contributed by atoms with Crippen molar-refractivity contribution in [2.45, 2.75) is 19.9 Å². The highest BCUT2D eigenvalue weighted by Gasteiger charge is 2.07. The van der Waals surface area contributed by atoms with Gasteiger partial charge in [-0.25, -0.2) is 13.1 Å². The van der Waals surface area contributed by atoms with Crippen LogP contribution in [0.15, 0.2) is 24.3 Å². The molecule has 0 unspecified atom stereocenters. The molecule has 0 aliphatic heterocycles. The Morgan fingerprint density at radius 2 is 2.06 bits per heavy atom. The second-order valence-electron chi connectivity index (χ2n) is 3.66. The van der Waals surface area contributed by atoms with Gasteiger partial charge in [0.15, 0.2) is 0 Å². The molecule has 1 rings (SSSR count). The molecule has 0 aliphatic rings. The molecule has 0 aliphatic carbocycles. The fraction of sp³-hybridized carbons (Fsp3) is 0.385. The van der Waals surface area contributed by atoms with E-state index in [4.69, 9.17) is 5.11 Å². The van der Waals surface area contributed by atoms with Gasteiger partial charge in [0.2, 0.25) is 10.0 Å². The Bertz CT molecular complexity index is 541. The quantitative estimate of drug-likeness (QED) is 0.778. The molecule has 0 saturated heterocycles. The number of nitrogens with one attached hydrogen (secondary N) is 1. The van der Waals surface area contributed by atoms with E-state index in [9.17, 15) is 8.42 Å². The lowest BCUT2D eigenvalue weighted by Gasteiger charge is -2.06. The van der Waals surface area contributed by atoms with E-state index in [2.05, 4.69) is 16.6 Å². The molecule has 0 aromatic heterocycles. The molecule has 1 aromatic carbocycles. The first-order chi connectivity index (χ1) is 8.59. The van der Waals surface area contributed by atoms with Crippen molar-refractivity contribution in [3.05, 3.63) is 35.4 Å². The first-order valence-corrected chi connectivity index (χ1v) is 7.39. The third-order valence-electron chi connectivity index (χ3n) is 2.34. The molecule has 0 bridgehead atoms. The van der Waals surface area contributed by atoms with Gasteiger partial charge in [-0.1, -0.05) is 30.0 Å². The molecule has 0 heterocycles. The minimum atomic E-state index is -3.20. The molecular formula is C13H17NO3S. The number of rotatable bonds is 5. The average Bonchev–Trinajstić information content (AvgIpc) is 2.38. The van der Waals surface area contributed by atoms with Gasteiger partial charge in [0, 0.05) is 18.5 Å². The lowest BCUT2D eigenvalue weighted by molar-refractivity contribution is 0.305. The number of aliphatic hydroxyl groups is 1. The van der Waals surface area contributed by atoms with Crippen LogP contribution in [-0.4, -0.2) is 25.9 Å². The SMILES string of the molecule is CCS(=O)(=O)NCc1ccccc1C#CCCO. The smallest absolute Gasteiger partial charge is 0.211 e. The van der Waals surface area contributed by atoms with Crippen molar-refractivity contribution < 1.29 is 13.5 Å². The molecule has 5 heteroatoms. The number of aliphatic hydroxyl groups excluding tert-OH is 1. The van der Waals surface area contributed by atoms with Crippen LogP contribution in [0, 0.1) is 11.8 Å². The summed E-state index contributed by atoms with van der Waals surface area (Å²) in [6.07, 6.45) is 0.412. The Kier molecular flexibility index (Phi) is 5.86. The van der Waals surface area contributed by atoms with Crippen molar-refractivity contribution in [1.82, 2.24) is 4.72 Å². The predicted molar refractivity (Wildman–Crippen MR) is 71.3 cm³/mol. The van der Waals surface area contributed by atoms with E-state index in [0.717, 1.165) is 11.1 Å². The van der Waals surface area contributed by atoms with Gasteiger partial charge >= 0.3 is 0 Å². The standard InChI is InChI=1S/C13H17NO3S/c1-2-18(16,17)14-11-13-9-4-3-7-12(13)8-5-6-10-15/h3-4,7,9,14-15H,2,6,10-11H2,1H3. The topological polar surface area (TPSA) is 66.4 Å². The van der Waals surface area contributed by atoms with Crippen LogP contribution in [0.3, 0.4) is 0 Å². The molecule has 1 aromatic rings. The van der Waals surface area contributed by atoms with Crippen LogP contribution in [0.2, 0.25) is 0 Å². The third-order valence-corrected chi connectivity index (χ3v) is 3.68. The molecule has 0 saturated carbocycles. The van der Waals surface area contributed by atoms with E-state index in [1.807, 2.05) is 24.3 Å². The Morgan fingerprint density at radius 3 is 2.72 bits per heavy atom. The summed E-state index contributed by atoms with van der Waals surface area (Å²) in [4.78, 5) is 0. The first-order valence-electron chi connectivity index (χ1n) is 5.74. The molecule has 0 fully saturated rings. The maximum Gasteiger partial charge on any atom is 0.211 e. The maximum atomic E-state index is 11.4. The Morgan fingerprint density at radius 1 is 1.33 bits per heavy atom. The fourth-order valence-corrected chi connectivity index (χ4v) is 1.88. The van der Waals surface area contributed by atoms with E-state index in [1.54, 1.807) is 6.92 Å². The number of hydrogen-bond acceptors (Lipinski definition) is 3. The Labute approximate surface area is 108 Å². The summed E-state index contributed by atoms with van der Waals surface area (Å²) in [5, 5.41) is 8.66. The van der Waals surface area contributed by atoms with Gasteiger partial charge in [-0.05, 0) is 18.6 Å². The summed E-state index contributed by atoms with van der Waals surface area (Å²) in [6.45, 7) is 1.85. The van der Waals surface area contributed by atoms with E-state index in [-0.39, 0.29) is 18.9 Å². The maximum absolute atomic E-state index is 11.4. The lowest BCUT2D eigenvalue weighted by Crippen LogP contribution is -2.25. The van der Waals surface area contributed by atoms with Crippen molar-refractivity contribution in [3.8, 4) is 11.8 Å². The van der Waals surface area contributed by atoms with Crippen LogP contribution in [0.25, 0.3) is 0 Å². The van der Waals surface area contributed by atoms with Gasteiger partial charge in [0.25, 0.3) is 0 Å². The van der Waals surface area contributed by atoms with Gasteiger partial charge in [0.1, 0.15) is 0 Å². The Hall–Kier alpha value is -1.35. The number of benzene rings is 1. The van der Waals surface area contributed by atoms with Crippen LogP contribution in [-0.2, 0) is 16.6 Å². The highest BCUT2D eigenvalue weighted by Crippen LogP contribution is 2.07. The molecule has 0 amide bonds. The fourth-order valence-electron chi connectivity index (χ4n) is 1.30. The van der Waals surface area contributed by atoms with E-state index in [0.29, 0.717) is 6.42 Å². The van der Waals surface area contributed by atoms with Gasteiger partial charge in [0.05, 0.1) is 12.4 Å². The van der Waals surface area contributed by atoms with Crippen molar-refractivity contribution in [3.63, 3.8) is 0 Å². The number of sulfonamides is 1. The zero-order valence-corrected chi connectivity index (χ0v) is 11.1. The van der Waals surface area contributed by atoms with Crippen molar-refractivity contribution in [2.24, 2.45) is 0 Å². The van der Waals surface area contributed by atoms with E-state index >= 15 is 0 Å². The largest absolute Gasteiger partial charge is 0.395 e. The van der Waals surface area contributed by atoms with Gasteiger partial charge in [-0.3, -0.25) is 0 Å². The predicted octanol–water partition coefficient (Wildman–Crippen LogP) is 0.860. The summed E-state index contributed by atoms with van der Waals surface area (Å²) in [5.74, 6) is 5.81. The third kappa shape index (κ3) is 4.88. The van der Waals surface area contributed by atoms with Crippen LogP contribution >= 0.6 is 0 Å². The molecule has 2 N–H and O–H groups in total. The van der Waals surface area contributed by atoms with Gasteiger partial charge in [-0.15, -0.1) is 0 Å². The summed E-state index contributed by atoms with van der Waals surface area (Å²) >= 11 is 0. The first kappa shape index (κ1) is 14.7. The monoisotopic (exact) mass is 267 g/mol. The Balaban J connectivity index is 2.81. The highest BCUT2D eigenvalue weighted by atomic mass is 32.2. The zero-order valence-electron chi connectivity index (χ0n) is 10.3. The molecule has 0 spiro atoms. The summed E-state index contributed by atoms with van der Waals surface area (Å²) in [6, 6.07) is 7.36. The van der Waals surface area contributed by atoms with Crippen LogP contribution in [0.1, 0.15) is 24.5 Å². The number of hydrogen-bond donors (Lipinski definition) is 2.